The molecule has 2 amide bonds. The second-order valence-electron chi connectivity index (χ2n) is 2.76. The molecule has 0 aliphatic rings. The van der Waals surface area contributed by atoms with E-state index in [1.54, 1.807) is 31.2 Å². The van der Waals surface area contributed by atoms with Crippen LogP contribution in [0.3, 0.4) is 0 Å². The lowest BCUT2D eigenvalue weighted by Crippen LogP contribution is -2.28. The van der Waals surface area contributed by atoms with Gasteiger partial charge < -0.3 is 4.84 Å². The van der Waals surface area contributed by atoms with Crippen LogP contribution in [0.5, 0.6) is 0 Å². The summed E-state index contributed by atoms with van der Waals surface area (Å²) in [5.41, 5.74) is 2.61. The Morgan fingerprint density at radius 3 is 2.53 bits per heavy atom. The Morgan fingerprint density at radius 2 is 1.93 bits per heavy atom. The topological polar surface area (TPSA) is 67.4 Å². The molecule has 0 aliphatic heterocycles. The molecule has 0 heterocycles. The molecule has 0 spiro atoms. The van der Waals surface area contributed by atoms with Crippen LogP contribution in [-0.4, -0.2) is 12.0 Å². The van der Waals surface area contributed by atoms with Crippen molar-refractivity contribution in [3.63, 3.8) is 0 Å². The van der Waals surface area contributed by atoms with E-state index in [-0.39, 0.29) is 12.3 Å². The average Bonchev–Trinajstić information content (AvgIpc) is 2.27. The highest BCUT2D eigenvalue weighted by atomic mass is 16.7. The molecule has 80 valence electrons. The van der Waals surface area contributed by atoms with Gasteiger partial charge in [0.05, 0.1) is 0 Å². The third kappa shape index (κ3) is 4.12. The Hall–Kier alpha value is -2.04. The fourth-order valence-electron chi connectivity index (χ4n) is 0.840. The van der Waals surface area contributed by atoms with E-state index in [1.807, 2.05) is 11.5 Å². The Kier molecular flexibility index (Phi) is 4.15. The fourth-order valence-corrected chi connectivity index (χ4v) is 0.840. The van der Waals surface area contributed by atoms with E-state index in [9.17, 15) is 9.59 Å². The summed E-state index contributed by atoms with van der Waals surface area (Å²) in [6.07, 6.45) is -0.457. The average molecular weight is 208 g/mol. The van der Waals surface area contributed by atoms with Crippen molar-refractivity contribution in [2.75, 3.05) is 5.32 Å². The summed E-state index contributed by atoms with van der Waals surface area (Å²) in [4.78, 5) is 26.3. The molecule has 5 heteroatoms. The number of carbonyl (C=O) groups excluding carboxylic acids is 2. The third-order valence-corrected chi connectivity index (χ3v) is 1.60. The van der Waals surface area contributed by atoms with Gasteiger partial charge >= 0.3 is 6.09 Å². The number of amides is 2. The van der Waals surface area contributed by atoms with E-state index in [4.69, 9.17) is 0 Å². The van der Waals surface area contributed by atoms with Gasteiger partial charge in [0.25, 0.3) is 5.91 Å². The monoisotopic (exact) mass is 208 g/mol. The second kappa shape index (κ2) is 5.64. The quantitative estimate of drug-likeness (QED) is 0.726. The normalized spacial score (nSPS) is 9.13. The molecule has 0 unspecified atom stereocenters. The van der Waals surface area contributed by atoms with Crippen LogP contribution < -0.4 is 10.8 Å². The molecule has 5 nitrogen and oxygen atoms in total. The Bertz CT molecular complexity index is 338. The van der Waals surface area contributed by atoms with Crippen LogP contribution in [0.15, 0.2) is 30.3 Å². The van der Waals surface area contributed by atoms with Gasteiger partial charge in [0, 0.05) is 12.1 Å². The molecule has 0 bridgehead atoms. The summed E-state index contributed by atoms with van der Waals surface area (Å²) >= 11 is 0. The van der Waals surface area contributed by atoms with E-state index in [1.165, 1.54) is 0 Å². The molecule has 1 rings (SSSR count). The number of carbonyl (C=O) groups is 2. The van der Waals surface area contributed by atoms with Crippen LogP contribution in [0.4, 0.5) is 10.5 Å². The standard InChI is InChI=1S/C10H12N2O3/c1-2-9(13)12-15-10(14)11-8-6-4-3-5-7-8/h3-7H,2H2,1H3,(H,11,14)(H,12,13). The van der Waals surface area contributed by atoms with Crippen molar-refractivity contribution >= 4 is 17.7 Å². The number of benzene rings is 1. The van der Waals surface area contributed by atoms with Gasteiger partial charge in [-0.3, -0.25) is 10.1 Å². The second-order valence-corrected chi connectivity index (χ2v) is 2.76. The number of anilines is 1. The summed E-state index contributed by atoms with van der Waals surface area (Å²) < 4.78 is 0. The lowest BCUT2D eigenvalue weighted by Gasteiger charge is -2.05. The van der Waals surface area contributed by atoms with Gasteiger partial charge in [-0.05, 0) is 12.1 Å². The van der Waals surface area contributed by atoms with Crippen LogP contribution >= 0.6 is 0 Å². The van der Waals surface area contributed by atoms with E-state index < -0.39 is 6.09 Å². The molecular weight excluding hydrogens is 196 g/mol. The SMILES string of the molecule is CCC(=O)NOC(=O)Nc1ccccc1. The van der Waals surface area contributed by atoms with Gasteiger partial charge in [0.1, 0.15) is 0 Å². The van der Waals surface area contributed by atoms with Gasteiger partial charge in [-0.25, -0.2) is 4.79 Å². The maximum absolute atomic E-state index is 11.1. The summed E-state index contributed by atoms with van der Waals surface area (Å²) in [5, 5.41) is 2.45. The van der Waals surface area contributed by atoms with Crippen molar-refractivity contribution in [2.24, 2.45) is 0 Å². The number of hydrogen-bond acceptors (Lipinski definition) is 3. The van der Waals surface area contributed by atoms with E-state index in [0.29, 0.717) is 5.69 Å². The number of para-hydroxylation sites is 1. The van der Waals surface area contributed by atoms with Crippen molar-refractivity contribution in [3.8, 4) is 0 Å². The lowest BCUT2D eigenvalue weighted by atomic mass is 10.3. The molecule has 2 N–H and O–H groups in total. The highest BCUT2D eigenvalue weighted by Crippen LogP contribution is 2.04. The zero-order valence-electron chi connectivity index (χ0n) is 8.32. The molecule has 0 fully saturated rings. The zero-order valence-corrected chi connectivity index (χ0v) is 8.32. The van der Waals surface area contributed by atoms with Crippen molar-refractivity contribution in [1.82, 2.24) is 5.48 Å². The molecule has 15 heavy (non-hydrogen) atoms. The van der Waals surface area contributed by atoms with Crippen LogP contribution in [0.1, 0.15) is 13.3 Å². The first-order valence-corrected chi connectivity index (χ1v) is 4.54. The highest BCUT2D eigenvalue weighted by Gasteiger charge is 2.04. The third-order valence-electron chi connectivity index (χ3n) is 1.60. The van der Waals surface area contributed by atoms with Crippen LogP contribution in [0.25, 0.3) is 0 Å². The first-order chi connectivity index (χ1) is 7.22. The predicted molar refractivity (Wildman–Crippen MR) is 55.0 cm³/mol. The molecule has 0 aliphatic carbocycles. The van der Waals surface area contributed by atoms with Gasteiger partial charge in [-0.15, -0.1) is 0 Å². The smallest absolute Gasteiger partial charge is 0.321 e. The molecule has 0 aromatic heterocycles. The Morgan fingerprint density at radius 1 is 1.27 bits per heavy atom. The molecule has 1 aromatic carbocycles. The van der Waals surface area contributed by atoms with Crippen molar-refractivity contribution in [2.45, 2.75) is 13.3 Å². The Balaban J connectivity index is 2.34. The number of hydrogen-bond donors (Lipinski definition) is 2. The minimum Gasteiger partial charge on any atom is -0.321 e. The highest BCUT2D eigenvalue weighted by molar-refractivity contribution is 5.85. The van der Waals surface area contributed by atoms with Gasteiger partial charge in [0.15, 0.2) is 0 Å². The van der Waals surface area contributed by atoms with Gasteiger partial charge in [0.2, 0.25) is 0 Å². The van der Waals surface area contributed by atoms with E-state index >= 15 is 0 Å². The largest absolute Gasteiger partial charge is 0.436 e. The zero-order chi connectivity index (χ0) is 11.1. The van der Waals surface area contributed by atoms with E-state index in [2.05, 4.69) is 10.2 Å². The molecule has 0 radical (unpaired) electrons. The maximum Gasteiger partial charge on any atom is 0.436 e. The van der Waals surface area contributed by atoms with Crippen molar-refractivity contribution in [1.29, 1.82) is 0 Å². The molecule has 0 atom stereocenters. The summed E-state index contributed by atoms with van der Waals surface area (Å²) in [6.45, 7) is 1.66. The van der Waals surface area contributed by atoms with Crippen LogP contribution in [0, 0.1) is 0 Å². The summed E-state index contributed by atoms with van der Waals surface area (Å²) in [6, 6.07) is 8.81. The summed E-state index contributed by atoms with van der Waals surface area (Å²) in [5.74, 6) is -0.349. The summed E-state index contributed by atoms with van der Waals surface area (Å²) in [7, 11) is 0. The lowest BCUT2D eigenvalue weighted by molar-refractivity contribution is -0.128. The molecular formula is C10H12N2O3. The molecule has 1 aromatic rings. The maximum atomic E-state index is 11.1. The first kappa shape index (κ1) is 11.0. The number of nitrogens with one attached hydrogen (secondary N) is 2. The molecule has 0 saturated heterocycles. The minimum atomic E-state index is -0.719. The first-order valence-electron chi connectivity index (χ1n) is 4.54. The number of rotatable bonds is 2. The number of hydroxylamine groups is 1. The predicted octanol–water partition coefficient (Wildman–Crippen LogP) is 1.68. The van der Waals surface area contributed by atoms with Gasteiger partial charge in [-0.2, -0.15) is 5.48 Å². The van der Waals surface area contributed by atoms with Crippen LogP contribution in [0.2, 0.25) is 0 Å². The molecule has 0 saturated carbocycles. The van der Waals surface area contributed by atoms with E-state index in [0.717, 1.165) is 0 Å². The minimum absolute atomic E-state index is 0.263. The van der Waals surface area contributed by atoms with Crippen LogP contribution in [-0.2, 0) is 9.63 Å². The Labute approximate surface area is 87.4 Å². The van der Waals surface area contributed by atoms with Crippen molar-refractivity contribution in [3.05, 3.63) is 30.3 Å². The fraction of sp³-hybridized carbons (Fsp3) is 0.200. The van der Waals surface area contributed by atoms with Gasteiger partial charge in [-0.1, -0.05) is 25.1 Å². The van der Waals surface area contributed by atoms with Crippen molar-refractivity contribution < 1.29 is 14.4 Å².